The van der Waals surface area contributed by atoms with Crippen molar-refractivity contribution in [2.45, 2.75) is 50.6 Å². The third kappa shape index (κ3) is 3.36. The summed E-state index contributed by atoms with van der Waals surface area (Å²) in [5, 5.41) is 0.580. The molecule has 0 N–H and O–H groups in total. The van der Waals surface area contributed by atoms with E-state index in [9.17, 15) is 0 Å². The molecule has 21 heavy (non-hydrogen) atoms. The van der Waals surface area contributed by atoms with E-state index in [4.69, 9.17) is 27.9 Å². The Labute approximate surface area is 135 Å². The number of halogens is 2. The Kier molecular flexibility index (Phi) is 4.72. The van der Waals surface area contributed by atoms with Gasteiger partial charge < -0.3 is 9.30 Å². The molecule has 1 aromatic heterocycles. The second-order valence-electron chi connectivity index (χ2n) is 5.65. The number of fused-ring (bicyclic) bond motifs is 1. The number of aromatic nitrogens is 2. The van der Waals surface area contributed by atoms with Crippen LogP contribution in [0.15, 0.2) is 18.2 Å². The molecule has 2 aromatic rings. The molecule has 0 bridgehead atoms. The van der Waals surface area contributed by atoms with Crippen LogP contribution in [0.3, 0.4) is 0 Å². The van der Waals surface area contributed by atoms with Crippen LogP contribution in [0.2, 0.25) is 5.02 Å². The fraction of sp³-hybridized carbons (Fsp3) is 0.562. The molecule has 3 rings (SSSR count). The Morgan fingerprint density at radius 2 is 2.14 bits per heavy atom. The van der Waals surface area contributed by atoms with E-state index in [1.807, 2.05) is 25.1 Å². The number of nitrogens with zero attached hydrogens (tertiary/aromatic N) is 2. The molecule has 1 aromatic carbocycles. The van der Waals surface area contributed by atoms with Gasteiger partial charge in [0.05, 0.1) is 29.1 Å². The van der Waals surface area contributed by atoms with Gasteiger partial charge in [-0.2, -0.15) is 0 Å². The SMILES string of the molecule is CC(Cl)c1nc2ccc(Cl)cc2n1CCOC1CCCC1. The highest BCUT2D eigenvalue weighted by molar-refractivity contribution is 6.31. The molecule has 1 heterocycles. The van der Waals surface area contributed by atoms with E-state index in [0.29, 0.717) is 17.7 Å². The van der Waals surface area contributed by atoms with Crippen molar-refractivity contribution < 1.29 is 4.74 Å². The predicted molar refractivity (Wildman–Crippen MR) is 87.2 cm³/mol. The van der Waals surface area contributed by atoms with E-state index in [2.05, 4.69) is 9.55 Å². The summed E-state index contributed by atoms with van der Waals surface area (Å²) < 4.78 is 8.10. The first-order valence-corrected chi connectivity index (χ1v) is 8.38. The van der Waals surface area contributed by atoms with Crippen LogP contribution in [0.1, 0.15) is 43.8 Å². The van der Waals surface area contributed by atoms with Gasteiger partial charge in [0.25, 0.3) is 0 Å². The first-order chi connectivity index (χ1) is 10.1. The normalized spacial score (nSPS) is 17.7. The summed E-state index contributed by atoms with van der Waals surface area (Å²) >= 11 is 12.4. The molecule has 0 saturated heterocycles. The van der Waals surface area contributed by atoms with Crippen molar-refractivity contribution in [2.75, 3.05) is 6.61 Å². The third-order valence-corrected chi connectivity index (χ3v) is 4.50. The van der Waals surface area contributed by atoms with Gasteiger partial charge in [0.1, 0.15) is 5.82 Å². The zero-order valence-corrected chi connectivity index (χ0v) is 13.7. The third-order valence-electron chi connectivity index (χ3n) is 4.07. The lowest BCUT2D eigenvalue weighted by Crippen LogP contribution is -2.15. The smallest absolute Gasteiger partial charge is 0.127 e. The van der Waals surface area contributed by atoms with Crippen LogP contribution in [0.5, 0.6) is 0 Å². The van der Waals surface area contributed by atoms with Gasteiger partial charge >= 0.3 is 0 Å². The fourth-order valence-corrected chi connectivity index (χ4v) is 3.35. The number of hydrogen-bond acceptors (Lipinski definition) is 2. The summed E-state index contributed by atoms with van der Waals surface area (Å²) in [4.78, 5) is 4.62. The monoisotopic (exact) mass is 326 g/mol. The lowest BCUT2D eigenvalue weighted by atomic mass is 10.3. The molecule has 5 heteroatoms. The molecule has 114 valence electrons. The average molecular weight is 327 g/mol. The molecule has 0 radical (unpaired) electrons. The number of imidazole rings is 1. The largest absolute Gasteiger partial charge is 0.376 e. The zero-order valence-electron chi connectivity index (χ0n) is 12.2. The molecule has 1 aliphatic rings. The van der Waals surface area contributed by atoms with Crippen molar-refractivity contribution in [3.63, 3.8) is 0 Å². The molecule has 0 amide bonds. The minimum absolute atomic E-state index is 0.136. The lowest BCUT2D eigenvalue weighted by Gasteiger charge is -2.14. The van der Waals surface area contributed by atoms with Gasteiger partial charge in [-0.15, -0.1) is 11.6 Å². The molecule has 1 atom stereocenters. The van der Waals surface area contributed by atoms with E-state index in [1.54, 1.807) is 0 Å². The van der Waals surface area contributed by atoms with Gasteiger partial charge in [0.15, 0.2) is 0 Å². The van der Waals surface area contributed by atoms with Crippen molar-refractivity contribution in [1.29, 1.82) is 0 Å². The topological polar surface area (TPSA) is 27.1 Å². The first kappa shape index (κ1) is 15.1. The summed E-state index contributed by atoms with van der Waals surface area (Å²) in [6, 6.07) is 5.75. The quantitative estimate of drug-likeness (QED) is 0.727. The number of hydrogen-bond donors (Lipinski definition) is 0. The fourth-order valence-electron chi connectivity index (χ4n) is 3.02. The summed E-state index contributed by atoms with van der Waals surface area (Å²) in [5.41, 5.74) is 1.96. The maximum Gasteiger partial charge on any atom is 0.127 e. The minimum atomic E-state index is -0.136. The van der Waals surface area contributed by atoms with Crippen LogP contribution in [-0.4, -0.2) is 22.3 Å². The molecule has 1 aliphatic carbocycles. The van der Waals surface area contributed by atoms with Gasteiger partial charge in [-0.25, -0.2) is 4.98 Å². The Balaban J connectivity index is 1.80. The number of rotatable bonds is 5. The lowest BCUT2D eigenvalue weighted by molar-refractivity contribution is 0.0531. The van der Waals surface area contributed by atoms with E-state index >= 15 is 0 Å². The van der Waals surface area contributed by atoms with Gasteiger partial charge in [-0.3, -0.25) is 0 Å². The molecular formula is C16H20Cl2N2O. The maximum atomic E-state index is 6.27. The van der Waals surface area contributed by atoms with E-state index < -0.39 is 0 Å². The standard InChI is InChI=1S/C16H20Cl2N2O/c1-11(17)16-19-14-7-6-12(18)10-15(14)20(16)8-9-21-13-4-2-3-5-13/h6-7,10-11,13H,2-5,8-9H2,1H3. The van der Waals surface area contributed by atoms with Gasteiger partial charge in [0.2, 0.25) is 0 Å². The molecule has 1 saturated carbocycles. The number of benzene rings is 1. The molecule has 1 fully saturated rings. The Bertz CT molecular complexity index is 618. The van der Waals surface area contributed by atoms with Crippen LogP contribution in [-0.2, 0) is 11.3 Å². The van der Waals surface area contributed by atoms with Crippen molar-refractivity contribution in [3.05, 3.63) is 29.0 Å². The maximum absolute atomic E-state index is 6.27. The predicted octanol–water partition coefficient (Wildman–Crippen LogP) is 4.95. The highest BCUT2D eigenvalue weighted by atomic mass is 35.5. The van der Waals surface area contributed by atoms with Crippen LogP contribution >= 0.6 is 23.2 Å². The van der Waals surface area contributed by atoms with Crippen molar-refractivity contribution in [1.82, 2.24) is 9.55 Å². The summed E-state index contributed by atoms with van der Waals surface area (Å²) in [7, 11) is 0. The van der Waals surface area contributed by atoms with Gasteiger partial charge in [-0.1, -0.05) is 24.4 Å². The first-order valence-electron chi connectivity index (χ1n) is 7.56. The average Bonchev–Trinajstić information content (AvgIpc) is 3.07. The van der Waals surface area contributed by atoms with Crippen LogP contribution < -0.4 is 0 Å². The molecular weight excluding hydrogens is 307 g/mol. The van der Waals surface area contributed by atoms with Crippen molar-refractivity contribution in [2.24, 2.45) is 0 Å². The Morgan fingerprint density at radius 3 is 2.86 bits per heavy atom. The molecule has 3 nitrogen and oxygen atoms in total. The summed E-state index contributed by atoms with van der Waals surface area (Å²) in [6.45, 7) is 3.40. The Morgan fingerprint density at radius 1 is 1.38 bits per heavy atom. The highest BCUT2D eigenvalue weighted by Gasteiger charge is 2.17. The minimum Gasteiger partial charge on any atom is -0.376 e. The van der Waals surface area contributed by atoms with Gasteiger partial charge in [0, 0.05) is 11.6 Å². The van der Waals surface area contributed by atoms with Crippen molar-refractivity contribution >= 4 is 34.2 Å². The van der Waals surface area contributed by atoms with E-state index in [1.165, 1.54) is 25.7 Å². The number of alkyl halides is 1. The highest BCUT2D eigenvalue weighted by Crippen LogP contribution is 2.27. The molecule has 0 aliphatic heterocycles. The van der Waals surface area contributed by atoms with Crippen LogP contribution in [0, 0.1) is 0 Å². The zero-order chi connectivity index (χ0) is 14.8. The van der Waals surface area contributed by atoms with Crippen LogP contribution in [0.4, 0.5) is 0 Å². The molecule has 0 spiro atoms. The summed E-state index contributed by atoms with van der Waals surface area (Å²) in [5.74, 6) is 0.879. The van der Waals surface area contributed by atoms with Gasteiger partial charge in [-0.05, 0) is 38.0 Å². The number of ether oxygens (including phenoxy) is 1. The molecule has 1 unspecified atom stereocenters. The van der Waals surface area contributed by atoms with Crippen LogP contribution in [0.25, 0.3) is 11.0 Å². The second kappa shape index (κ2) is 6.55. The van der Waals surface area contributed by atoms with Crippen molar-refractivity contribution in [3.8, 4) is 0 Å². The summed E-state index contributed by atoms with van der Waals surface area (Å²) in [6.07, 6.45) is 5.39. The Hall–Kier alpha value is -0.770. The van der Waals surface area contributed by atoms with E-state index in [-0.39, 0.29) is 5.38 Å². The van der Waals surface area contributed by atoms with E-state index in [0.717, 1.165) is 23.4 Å². The second-order valence-corrected chi connectivity index (χ2v) is 6.74.